The average molecular weight is 501 g/mol. The molecule has 1 aliphatic heterocycles. The topological polar surface area (TPSA) is 75.6 Å². The third-order valence-corrected chi connectivity index (χ3v) is 6.72. The summed E-state index contributed by atoms with van der Waals surface area (Å²) < 4.78 is 5.24. The van der Waals surface area contributed by atoms with Crippen LogP contribution in [0, 0.1) is 13.8 Å². The van der Waals surface area contributed by atoms with E-state index in [0.717, 1.165) is 17.5 Å². The molecule has 1 aromatic heterocycles. The molecule has 1 fully saturated rings. The molecule has 7 nitrogen and oxygen atoms in total. The van der Waals surface area contributed by atoms with Crippen LogP contribution in [0.2, 0.25) is 10.0 Å². The predicted octanol–water partition coefficient (Wildman–Crippen LogP) is 5.08. The third kappa shape index (κ3) is 4.95. The molecule has 0 spiro atoms. The number of hydrogen-bond donors (Lipinski definition) is 0. The van der Waals surface area contributed by atoms with Crippen LogP contribution in [0.1, 0.15) is 45.3 Å². The molecule has 0 radical (unpaired) electrons. The van der Waals surface area contributed by atoms with Crippen molar-refractivity contribution in [1.29, 1.82) is 0 Å². The van der Waals surface area contributed by atoms with E-state index in [0.29, 0.717) is 58.6 Å². The van der Waals surface area contributed by atoms with Crippen molar-refractivity contribution < 1.29 is 14.3 Å². The summed E-state index contributed by atoms with van der Waals surface area (Å²) >= 11 is 12.3. The standard InChI is InChI=1S/C25H26Cl2N4O3/c1-4-34-25(33)22-23(29-21-14-19(27)18(26)13-20(21)28-22)30-8-5-9-31(11-10-30)24(32)17-7-6-15(2)16(3)12-17/h6-7,12-14H,4-5,8-11H2,1-3H3. The van der Waals surface area contributed by atoms with Gasteiger partial charge in [0.15, 0.2) is 11.5 Å². The van der Waals surface area contributed by atoms with Gasteiger partial charge in [-0.1, -0.05) is 29.3 Å². The maximum atomic E-state index is 13.1. The maximum absolute atomic E-state index is 13.1. The van der Waals surface area contributed by atoms with Crippen LogP contribution in [0.25, 0.3) is 11.0 Å². The van der Waals surface area contributed by atoms with Gasteiger partial charge in [-0.05, 0) is 62.6 Å². The molecule has 0 unspecified atom stereocenters. The number of aromatic nitrogens is 2. The van der Waals surface area contributed by atoms with Gasteiger partial charge in [0.25, 0.3) is 5.91 Å². The fourth-order valence-electron chi connectivity index (χ4n) is 3.99. The van der Waals surface area contributed by atoms with E-state index in [9.17, 15) is 9.59 Å². The van der Waals surface area contributed by atoms with E-state index >= 15 is 0 Å². The van der Waals surface area contributed by atoms with Crippen LogP contribution in [0.3, 0.4) is 0 Å². The van der Waals surface area contributed by atoms with E-state index in [1.807, 2.05) is 41.8 Å². The first-order valence-electron chi connectivity index (χ1n) is 11.2. The minimum atomic E-state index is -0.551. The van der Waals surface area contributed by atoms with Crippen LogP contribution in [-0.2, 0) is 4.74 Å². The second kappa shape index (κ2) is 10.2. The summed E-state index contributed by atoms with van der Waals surface area (Å²) in [6, 6.07) is 9.00. The zero-order chi connectivity index (χ0) is 24.4. The van der Waals surface area contributed by atoms with Crippen molar-refractivity contribution >= 4 is 51.9 Å². The van der Waals surface area contributed by atoms with Crippen molar-refractivity contribution in [2.24, 2.45) is 0 Å². The van der Waals surface area contributed by atoms with E-state index in [2.05, 4.69) is 4.98 Å². The van der Waals surface area contributed by atoms with Gasteiger partial charge in [0.1, 0.15) is 0 Å². The Morgan fingerprint density at radius 2 is 1.65 bits per heavy atom. The van der Waals surface area contributed by atoms with Crippen molar-refractivity contribution in [3.63, 3.8) is 0 Å². The van der Waals surface area contributed by atoms with E-state index in [-0.39, 0.29) is 18.2 Å². The molecule has 1 amide bonds. The Morgan fingerprint density at radius 3 is 2.32 bits per heavy atom. The molecule has 34 heavy (non-hydrogen) atoms. The lowest BCUT2D eigenvalue weighted by molar-refractivity contribution is 0.0520. The van der Waals surface area contributed by atoms with Gasteiger partial charge < -0.3 is 14.5 Å². The molecular weight excluding hydrogens is 475 g/mol. The van der Waals surface area contributed by atoms with Crippen LogP contribution in [-0.4, -0.2) is 59.5 Å². The molecule has 1 aliphatic rings. The van der Waals surface area contributed by atoms with Gasteiger partial charge >= 0.3 is 5.97 Å². The van der Waals surface area contributed by atoms with Gasteiger partial charge in [0.05, 0.1) is 27.7 Å². The van der Waals surface area contributed by atoms with Crippen molar-refractivity contribution in [2.45, 2.75) is 27.2 Å². The molecule has 0 saturated carbocycles. The highest BCUT2D eigenvalue weighted by Gasteiger charge is 2.26. The SMILES string of the molecule is CCOC(=O)c1nc2cc(Cl)c(Cl)cc2nc1N1CCCN(C(=O)c2ccc(C)c(C)c2)CC1. The molecule has 0 bridgehead atoms. The van der Waals surface area contributed by atoms with E-state index in [4.69, 9.17) is 32.9 Å². The fraction of sp³-hybridized carbons (Fsp3) is 0.360. The summed E-state index contributed by atoms with van der Waals surface area (Å²) in [5, 5.41) is 0.695. The van der Waals surface area contributed by atoms with Crippen molar-refractivity contribution in [3.05, 3.63) is 62.8 Å². The summed E-state index contributed by atoms with van der Waals surface area (Å²) in [4.78, 5) is 38.9. The normalized spacial score (nSPS) is 14.3. The number of carbonyl (C=O) groups is 2. The number of esters is 1. The molecule has 0 N–H and O–H groups in total. The average Bonchev–Trinajstić information content (AvgIpc) is 3.07. The second-order valence-corrected chi connectivity index (χ2v) is 9.12. The van der Waals surface area contributed by atoms with Crippen LogP contribution in [0.4, 0.5) is 5.82 Å². The number of aryl methyl sites for hydroxylation is 2. The Balaban J connectivity index is 1.64. The summed E-state index contributed by atoms with van der Waals surface area (Å²) in [7, 11) is 0. The Morgan fingerprint density at radius 1 is 0.941 bits per heavy atom. The predicted molar refractivity (Wildman–Crippen MR) is 134 cm³/mol. The summed E-state index contributed by atoms with van der Waals surface area (Å²) in [6.45, 7) is 8.22. The highest BCUT2D eigenvalue weighted by molar-refractivity contribution is 6.42. The molecule has 0 atom stereocenters. The number of hydrogen-bond acceptors (Lipinski definition) is 6. The van der Waals surface area contributed by atoms with Crippen molar-refractivity contribution in [2.75, 3.05) is 37.7 Å². The molecule has 4 rings (SSSR count). The highest BCUT2D eigenvalue weighted by atomic mass is 35.5. The molecular formula is C25H26Cl2N4O3. The van der Waals surface area contributed by atoms with Crippen LogP contribution in [0.15, 0.2) is 30.3 Å². The number of fused-ring (bicyclic) bond motifs is 1. The smallest absolute Gasteiger partial charge is 0.360 e. The number of carbonyl (C=O) groups excluding carboxylic acids is 2. The Labute approximate surface area is 208 Å². The van der Waals surface area contributed by atoms with Crippen LogP contribution in [0.5, 0.6) is 0 Å². The summed E-state index contributed by atoms with van der Waals surface area (Å²) in [6.07, 6.45) is 0.722. The first kappa shape index (κ1) is 24.2. The quantitative estimate of drug-likeness (QED) is 0.464. The van der Waals surface area contributed by atoms with E-state index < -0.39 is 5.97 Å². The van der Waals surface area contributed by atoms with Gasteiger partial charge in [0.2, 0.25) is 0 Å². The summed E-state index contributed by atoms with van der Waals surface area (Å²) in [5.74, 6) is -0.128. The number of anilines is 1. The lowest BCUT2D eigenvalue weighted by atomic mass is 10.1. The number of benzene rings is 2. The number of halogens is 2. The Bertz CT molecular complexity index is 1260. The molecule has 1 saturated heterocycles. The van der Waals surface area contributed by atoms with Gasteiger partial charge in [-0.15, -0.1) is 0 Å². The fourth-order valence-corrected chi connectivity index (χ4v) is 4.30. The zero-order valence-electron chi connectivity index (χ0n) is 19.4. The van der Waals surface area contributed by atoms with Gasteiger partial charge in [-0.3, -0.25) is 4.79 Å². The third-order valence-electron chi connectivity index (χ3n) is 5.99. The first-order valence-corrected chi connectivity index (χ1v) is 12.0. The second-order valence-electron chi connectivity index (χ2n) is 8.30. The number of nitrogens with zero attached hydrogens (tertiary/aromatic N) is 4. The number of amides is 1. The first-order chi connectivity index (χ1) is 16.3. The van der Waals surface area contributed by atoms with Crippen molar-refractivity contribution in [1.82, 2.24) is 14.9 Å². The number of ether oxygens (including phenoxy) is 1. The van der Waals surface area contributed by atoms with Crippen LogP contribution >= 0.6 is 23.2 Å². The Hall–Kier alpha value is -2.90. The molecule has 2 aromatic carbocycles. The summed E-state index contributed by atoms with van der Waals surface area (Å²) in [5.41, 5.74) is 4.04. The minimum absolute atomic E-state index is 0.00147. The van der Waals surface area contributed by atoms with Gasteiger partial charge in [-0.2, -0.15) is 0 Å². The Kier molecular flexibility index (Phi) is 7.24. The van der Waals surface area contributed by atoms with E-state index in [1.54, 1.807) is 19.1 Å². The monoisotopic (exact) mass is 500 g/mol. The molecule has 0 aliphatic carbocycles. The highest BCUT2D eigenvalue weighted by Crippen LogP contribution is 2.29. The lowest BCUT2D eigenvalue weighted by Crippen LogP contribution is -2.36. The molecule has 178 valence electrons. The van der Waals surface area contributed by atoms with E-state index in [1.165, 1.54) is 0 Å². The molecule has 3 aromatic rings. The largest absolute Gasteiger partial charge is 0.461 e. The minimum Gasteiger partial charge on any atom is -0.461 e. The van der Waals surface area contributed by atoms with Gasteiger partial charge in [-0.25, -0.2) is 14.8 Å². The zero-order valence-corrected chi connectivity index (χ0v) is 20.9. The van der Waals surface area contributed by atoms with Gasteiger partial charge in [0, 0.05) is 31.7 Å². The molecule has 2 heterocycles. The number of rotatable bonds is 4. The lowest BCUT2D eigenvalue weighted by Gasteiger charge is -2.24. The maximum Gasteiger partial charge on any atom is 0.360 e. The molecule has 9 heteroatoms. The van der Waals surface area contributed by atoms with Crippen molar-refractivity contribution in [3.8, 4) is 0 Å². The van der Waals surface area contributed by atoms with Crippen LogP contribution < -0.4 is 4.90 Å².